The standard InChI is InChI=1S/C20H19N3O3/c1-14-8-10-16(11-9-14)23-12-17(20(25)26-13-18(24)21-2)19(22-23)15-6-4-3-5-7-15/h3-12H,13H2,1-2H3,(H,21,24). The number of ether oxygens (including phenoxy) is 1. The molecule has 0 saturated heterocycles. The molecule has 0 aliphatic rings. The Bertz CT molecular complexity index is 915. The number of likely N-dealkylation sites (N-methyl/N-ethyl adjacent to an activating group) is 1. The highest BCUT2D eigenvalue weighted by atomic mass is 16.5. The number of hydrogen-bond acceptors (Lipinski definition) is 4. The fourth-order valence-corrected chi connectivity index (χ4v) is 2.44. The van der Waals surface area contributed by atoms with Crippen LogP contribution in [0.15, 0.2) is 60.8 Å². The van der Waals surface area contributed by atoms with Gasteiger partial charge in [0.1, 0.15) is 11.3 Å². The van der Waals surface area contributed by atoms with Gasteiger partial charge < -0.3 is 10.1 Å². The van der Waals surface area contributed by atoms with Crippen LogP contribution in [0.25, 0.3) is 16.9 Å². The average molecular weight is 349 g/mol. The molecule has 1 N–H and O–H groups in total. The van der Waals surface area contributed by atoms with E-state index in [1.54, 1.807) is 10.9 Å². The number of aryl methyl sites for hydroxylation is 1. The molecule has 1 amide bonds. The number of rotatable bonds is 5. The Kier molecular flexibility index (Phi) is 5.12. The molecule has 1 aromatic heterocycles. The fraction of sp³-hybridized carbons (Fsp3) is 0.150. The molecule has 1 heterocycles. The number of carbonyl (C=O) groups excluding carboxylic acids is 2. The van der Waals surface area contributed by atoms with Gasteiger partial charge in [-0.05, 0) is 19.1 Å². The molecule has 0 bridgehead atoms. The maximum Gasteiger partial charge on any atom is 0.342 e. The third-order valence-corrected chi connectivity index (χ3v) is 3.89. The minimum absolute atomic E-state index is 0.306. The van der Waals surface area contributed by atoms with E-state index in [2.05, 4.69) is 10.4 Å². The smallest absolute Gasteiger partial charge is 0.342 e. The molecular weight excluding hydrogens is 330 g/mol. The van der Waals surface area contributed by atoms with Crippen molar-refractivity contribution in [2.75, 3.05) is 13.7 Å². The SMILES string of the molecule is CNC(=O)COC(=O)c1cn(-c2ccc(C)cc2)nc1-c1ccccc1. The number of nitrogens with zero attached hydrogens (tertiary/aromatic N) is 2. The fourth-order valence-electron chi connectivity index (χ4n) is 2.44. The van der Waals surface area contributed by atoms with Gasteiger partial charge in [0.2, 0.25) is 0 Å². The molecule has 0 aliphatic carbocycles. The maximum absolute atomic E-state index is 12.5. The van der Waals surface area contributed by atoms with Gasteiger partial charge in [0.05, 0.1) is 5.69 Å². The molecule has 0 aliphatic heterocycles. The highest BCUT2D eigenvalue weighted by Gasteiger charge is 2.20. The summed E-state index contributed by atoms with van der Waals surface area (Å²) in [6.45, 7) is 1.67. The number of amides is 1. The molecule has 0 atom stereocenters. The first-order valence-electron chi connectivity index (χ1n) is 8.18. The summed E-state index contributed by atoms with van der Waals surface area (Å²) >= 11 is 0. The highest BCUT2D eigenvalue weighted by Crippen LogP contribution is 2.24. The van der Waals surface area contributed by atoms with E-state index < -0.39 is 5.97 Å². The van der Waals surface area contributed by atoms with Crippen molar-refractivity contribution < 1.29 is 14.3 Å². The normalized spacial score (nSPS) is 10.4. The molecule has 0 unspecified atom stereocenters. The van der Waals surface area contributed by atoms with Gasteiger partial charge in [-0.2, -0.15) is 5.10 Å². The summed E-state index contributed by atoms with van der Waals surface area (Å²) in [5.74, 6) is -0.962. The number of aromatic nitrogens is 2. The van der Waals surface area contributed by atoms with Crippen LogP contribution < -0.4 is 5.32 Å². The third-order valence-electron chi connectivity index (χ3n) is 3.89. The molecule has 6 heteroatoms. The molecule has 3 rings (SSSR count). The van der Waals surface area contributed by atoms with Gasteiger partial charge >= 0.3 is 5.97 Å². The predicted octanol–water partition coefficient (Wildman–Crippen LogP) is 2.75. The van der Waals surface area contributed by atoms with Crippen molar-refractivity contribution in [3.8, 4) is 16.9 Å². The topological polar surface area (TPSA) is 73.2 Å². The largest absolute Gasteiger partial charge is 0.452 e. The zero-order valence-corrected chi connectivity index (χ0v) is 14.6. The van der Waals surface area contributed by atoms with Crippen LogP contribution in [0.3, 0.4) is 0 Å². The first-order valence-corrected chi connectivity index (χ1v) is 8.18. The van der Waals surface area contributed by atoms with Gasteiger partial charge in [-0.3, -0.25) is 4.79 Å². The molecule has 0 spiro atoms. The van der Waals surface area contributed by atoms with Gasteiger partial charge in [0, 0.05) is 18.8 Å². The quantitative estimate of drug-likeness (QED) is 0.719. The second-order valence-electron chi connectivity index (χ2n) is 5.79. The third kappa shape index (κ3) is 3.80. The van der Waals surface area contributed by atoms with E-state index in [9.17, 15) is 9.59 Å². The van der Waals surface area contributed by atoms with Crippen LogP contribution in [-0.4, -0.2) is 35.3 Å². The molecule has 26 heavy (non-hydrogen) atoms. The average Bonchev–Trinajstić information content (AvgIpc) is 3.12. The van der Waals surface area contributed by atoms with Crippen LogP contribution in [-0.2, 0) is 9.53 Å². The molecule has 0 radical (unpaired) electrons. The van der Waals surface area contributed by atoms with Gasteiger partial charge in [0.25, 0.3) is 5.91 Å². The minimum atomic E-state index is -0.592. The van der Waals surface area contributed by atoms with Crippen LogP contribution in [0.4, 0.5) is 0 Å². The van der Waals surface area contributed by atoms with Crippen LogP contribution in [0, 0.1) is 6.92 Å². The lowest BCUT2D eigenvalue weighted by Crippen LogP contribution is -2.25. The predicted molar refractivity (Wildman–Crippen MR) is 98.1 cm³/mol. The van der Waals surface area contributed by atoms with Gasteiger partial charge in [-0.15, -0.1) is 0 Å². The summed E-state index contributed by atoms with van der Waals surface area (Å²) in [5, 5.41) is 6.98. The molecule has 132 valence electrons. The second-order valence-corrected chi connectivity index (χ2v) is 5.79. The van der Waals surface area contributed by atoms with Crippen LogP contribution >= 0.6 is 0 Å². The summed E-state index contributed by atoms with van der Waals surface area (Å²) in [5.41, 5.74) is 3.58. The van der Waals surface area contributed by atoms with Crippen LogP contribution in [0.5, 0.6) is 0 Å². The zero-order chi connectivity index (χ0) is 18.5. The van der Waals surface area contributed by atoms with E-state index in [0.717, 1.165) is 16.8 Å². The van der Waals surface area contributed by atoms with Gasteiger partial charge in [-0.1, -0.05) is 48.0 Å². The molecule has 3 aromatic rings. The monoisotopic (exact) mass is 349 g/mol. The Morgan fingerprint density at radius 2 is 1.77 bits per heavy atom. The number of carbonyl (C=O) groups is 2. The van der Waals surface area contributed by atoms with Gasteiger partial charge in [-0.25, -0.2) is 9.48 Å². The summed E-state index contributed by atoms with van der Waals surface area (Å²) in [6, 6.07) is 17.2. The summed E-state index contributed by atoms with van der Waals surface area (Å²) < 4.78 is 6.74. The van der Waals surface area contributed by atoms with Crippen molar-refractivity contribution in [1.29, 1.82) is 0 Å². The van der Waals surface area contributed by atoms with Crippen molar-refractivity contribution in [1.82, 2.24) is 15.1 Å². The van der Waals surface area contributed by atoms with E-state index in [0.29, 0.717) is 11.3 Å². The number of nitrogens with one attached hydrogen (secondary N) is 1. The number of hydrogen-bond donors (Lipinski definition) is 1. The Balaban J connectivity index is 1.99. The van der Waals surface area contributed by atoms with E-state index >= 15 is 0 Å². The summed E-state index contributed by atoms with van der Waals surface area (Å²) in [4.78, 5) is 23.9. The zero-order valence-electron chi connectivity index (χ0n) is 14.6. The van der Waals surface area contributed by atoms with Crippen LogP contribution in [0.2, 0.25) is 0 Å². The molecule has 6 nitrogen and oxygen atoms in total. The molecule has 2 aromatic carbocycles. The van der Waals surface area contributed by atoms with Crippen molar-refractivity contribution in [2.45, 2.75) is 6.92 Å². The van der Waals surface area contributed by atoms with Crippen molar-refractivity contribution >= 4 is 11.9 Å². The molecule has 0 saturated carbocycles. The highest BCUT2D eigenvalue weighted by molar-refractivity contribution is 5.97. The van der Waals surface area contributed by atoms with Crippen molar-refractivity contribution in [2.24, 2.45) is 0 Å². The maximum atomic E-state index is 12.5. The molecule has 0 fully saturated rings. The lowest BCUT2D eigenvalue weighted by Gasteiger charge is -2.04. The van der Waals surface area contributed by atoms with Crippen LogP contribution in [0.1, 0.15) is 15.9 Å². The Hall–Kier alpha value is -3.41. The lowest BCUT2D eigenvalue weighted by molar-refractivity contribution is -0.123. The van der Waals surface area contributed by atoms with E-state index in [1.165, 1.54) is 7.05 Å². The Labute approximate surface area is 151 Å². The van der Waals surface area contributed by atoms with E-state index in [-0.39, 0.29) is 12.5 Å². The van der Waals surface area contributed by atoms with Crippen molar-refractivity contribution in [3.63, 3.8) is 0 Å². The van der Waals surface area contributed by atoms with Crippen molar-refractivity contribution in [3.05, 3.63) is 71.9 Å². The Morgan fingerprint density at radius 1 is 1.08 bits per heavy atom. The minimum Gasteiger partial charge on any atom is -0.452 e. The lowest BCUT2D eigenvalue weighted by atomic mass is 10.1. The summed E-state index contributed by atoms with van der Waals surface area (Å²) in [7, 11) is 1.49. The first kappa shape index (κ1) is 17.4. The number of benzene rings is 2. The van der Waals surface area contributed by atoms with E-state index in [1.807, 2.05) is 61.5 Å². The van der Waals surface area contributed by atoms with E-state index in [4.69, 9.17) is 4.74 Å². The molecular formula is C20H19N3O3. The number of esters is 1. The van der Waals surface area contributed by atoms with Gasteiger partial charge in [0.15, 0.2) is 6.61 Å². The summed E-state index contributed by atoms with van der Waals surface area (Å²) in [6.07, 6.45) is 1.62. The first-order chi connectivity index (χ1) is 12.6. The Morgan fingerprint density at radius 3 is 2.42 bits per heavy atom. The second kappa shape index (κ2) is 7.65.